The molecule has 0 saturated heterocycles. The lowest BCUT2D eigenvalue weighted by Crippen LogP contribution is -2.09. The van der Waals surface area contributed by atoms with E-state index >= 15 is 0 Å². The van der Waals surface area contributed by atoms with Gasteiger partial charge in [0.2, 0.25) is 10.1 Å². The zero-order chi connectivity index (χ0) is 14.9. The molecule has 0 unspecified atom stereocenters. The standard InChI is InChI=1S/C11H10F3N3OS2/c1-3-6-5(2)4-7(19-6)8(18)15-10-17-16-9(20-10)11(12,13)14/h4H,3H2,1-2H3,(H,15,17,18). The molecule has 1 amide bonds. The predicted molar refractivity (Wildman–Crippen MR) is 71.3 cm³/mol. The molecular formula is C11H10F3N3OS2. The molecule has 2 aromatic rings. The number of aryl methyl sites for hydroxylation is 2. The van der Waals surface area contributed by atoms with Gasteiger partial charge in [-0.05, 0) is 25.0 Å². The van der Waals surface area contributed by atoms with Crippen molar-refractivity contribution >= 4 is 33.7 Å². The molecule has 0 aromatic carbocycles. The van der Waals surface area contributed by atoms with Gasteiger partial charge in [-0.15, -0.1) is 21.5 Å². The summed E-state index contributed by atoms with van der Waals surface area (Å²) in [5, 5.41) is 7.42. The van der Waals surface area contributed by atoms with Gasteiger partial charge in [0, 0.05) is 4.88 Å². The first kappa shape index (κ1) is 14.9. The first-order chi connectivity index (χ1) is 9.31. The molecule has 4 nitrogen and oxygen atoms in total. The van der Waals surface area contributed by atoms with E-state index in [9.17, 15) is 18.0 Å². The quantitative estimate of drug-likeness (QED) is 0.937. The molecule has 9 heteroatoms. The number of carbonyl (C=O) groups is 1. The highest BCUT2D eigenvalue weighted by molar-refractivity contribution is 7.16. The molecule has 0 saturated carbocycles. The number of anilines is 1. The van der Waals surface area contributed by atoms with E-state index in [-0.39, 0.29) is 5.13 Å². The van der Waals surface area contributed by atoms with Crippen molar-refractivity contribution < 1.29 is 18.0 Å². The smallest absolute Gasteiger partial charge is 0.296 e. The van der Waals surface area contributed by atoms with Crippen LogP contribution in [0.1, 0.15) is 32.0 Å². The minimum absolute atomic E-state index is 0.161. The van der Waals surface area contributed by atoms with Crippen molar-refractivity contribution in [3.8, 4) is 0 Å². The fraction of sp³-hybridized carbons (Fsp3) is 0.364. The molecule has 0 radical (unpaired) electrons. The number of hydrogen-bond acceptors (Lipinski definition) is 5. The van der Waals surface area contributed by atoms with Crippen LogP contribution in [0.5, 0.6) is 0 Å². The van der Waals surface area contributed by atoms with E-state index in [1.807, 2.05) is 13.8 Å². The third-order valence-electron chi connectivity index (χ3n) is 2.45. The summed E-state index contributed by atoms with van der Waals surface area (Å²) >= 11 is 1.63. The van der Waals surface area contributed by atoms with E-state index in [0.29, 0.717) is 16.2 Å². The Labute approximate surface area is 120 Å². The van der Waals surface area contributed by atoms with Crippen LogP contribution in [0.4, 0.5) is 18.3 Å². The largest absolute Gasteiger partial charge is 0.445 e. The lowest BCUT2D eigenvalue weighted by Gasteiger charge is -1.98. The minimum atomic E-state index is -4.55. The average Bonchev–Trinajstić information content (AvgIpc) is 2.95. The van der Waals surface area contributed by atoms with Gasteiger partial charge < -0.3 is 0 Å². The lowest BCUT2D eigenvalue weighted by atomic mass is 10.2. The summed E-state index contributed by atoms with van der Waals surface area (Å²) in [6.07, 6.45) is -3.74. The maximum absolute atomic E-state index is 12.4. The molecule has 0 aliphatic heterocycles. The van der Waals surface area contributed by atoms with Gasteiger partial charge in [-0.2, -0.15) is 13.2 Å². The second-order valence-electron chi connectivity index (χ2n) is 3.93. The van der Waals surface area contributed by atoms with Crippen LogP contribution in [-0.4, -0.2) is 16.1 Å². The molecule has 0 fully saturated rings. The Balaban J connectivity index is 2.13. The lowest BCUT2D eigenvalue weighted by molar-refractivity contribution is -0.138. The minimum Gasteiger partial charge on any atom is -0.296 e. The number of thiophene rings is 1. The van der Waals surface area contributed by atoms with E-state index in [2.05, 4.69) is 15.5 Å². The van der Waals surface area contributed by atoms with Gasteiger partial charge in [-0.1, -0.05) is 18.3 Å². The number of hydrogen-bond donors (Lipinski definition) is 1. The Hall–Kier alpha value is -1.48. The van der Waals surface area contributed by atoms with Crippen molar-refractivity contribution in [2.45, 2.75) is 26.4 Å². The maximum Gasteiger partial charge on any atom is 0.445 e. The molecule has 1 N–H and O–H groups in total. The summed E-state index contributed by atoms with van der Waals surface area (Å²) in [6, 6.07) is 1.71. The monoisotopic (exact) mass is 321 g/mol. The molecule has 20 heavy (non-hydrogen) atoms. The van der Waals surface area contributed by atoms with Crippen molar-refractivity contribution in [1.82, 2.24) is 10.2 Å². The molecule has 2 aromatic heterocycles. The van der Waals surface area contributed by atoms with Gasteiger partial charge in [0.05, 0.1) is 4.88 Å². The van der Waals surface area contributed by atoms with Crippen LogP contribution in [-0.2, 0) is 12.6 Å². The Morgan fingerprint density at radius 2 is 2.05 bits per heavy atom. The summed E-state index contributed by atoms with van der Waals surface area (Å²) in [7, 11) is 0. The second-order valence-corrected chi connectivity index (χ2v) is 6.05. The zero-order valence-electron chi connectivity index (χ0n) is 10.5. The second kappa shape index (κ2) is 5.49. The Morgan fingerprint density at radius 1 is 1.35 bits per heavy atom. The van der Waals surface area contributed by atoms with Gasteiger partial charge in [-0.3, -0.25) is 10.1 Å². The number of nitrogens with zero attached hydrogens (tertiary/aromatic N) is 2. The number of rotatable bonds is 3. The average molecular weight is 321 g/mol. The topological polar surface area (TPSA) is 54.9 Å². The Bertz CT molecular complexity index is 633. The highest BCUT2D eigenvalue weighted by Crippen LogP contribution is 2.33. The molecule has 0 aliphatic carbocycles. The van der Waals surface area contributed by atoms with Crippen LogP contribution in [0.25, 0.3) is 0 Å². The van der Waals surface area contributed by atoms with Crippen LogP contribution < -0.4 is 5.32 Å². The number of amides is 1. The fourth-order valence-corrected chi connectivity index (χ4v) is 3.14. The summed E-state index contributed by atoms with van der Waals surface area (Å²) in [4.78, 5) is 13.4. The summed E-state index contributed by atoms with van der Waals surface area (Å²) < 4.78 is 37.1. The predicted octanol–water partition coefficient (Wildman–Crippen LogP) is 3.74. The van der Waals surface area contributed by atoms with Gasteiger partial charge in [0.1, 0.15) is 0 Å². The van der Waals surface area contributed by atoms with Crippen molar-refractivity contribution in [2.24, 2.45) is 0 Å². The molecule has 2 rings (SSSR count). The number of alkyl halides is 3. The van der Waals surface area contributed by atoms with E-state index in [4.69, 9.17) is 0 Å². The van der Waals surface area contributed by atoms with Gasteiger partial charge in [0.15, 0.2) is 0 Å². The van der Waals surface area contributed by atoms with E-state index in [0.717, 1.165) is 16.9 Å². The summed E-state index contributed by atoms with van der Waals surface area (Å²) in [6.45, 7) is 3.86. The zero-order valence-corrected chi connectivity index (χ0v) is 12.2. The van der Waals surface area contributed by atoms with Crippen molar-refractivity contribution in [3.05, 3.63) is 26.4 Å². The third kappa shape index (κ3) is 3.15. The van der Waals surface area contributed by atoms with Crippen LogP contribution in [0, 0.1) is 6.92 Å². The molecular weight excluding hydrogens is 311 g/mol. The number of halogens is 3. The SMILES string of the molecule is CCc1sc(C(=O)Nc2nnc(C(F)(F)F)s2)cc1C. The van der Waals surface area contributed by atoms with Gasteiger partial charge in [-0.25, -0.2) is 0 Å². The Kier molecular flexibility index (Phi) is 4.09. The first-order valence-corrected chi connectivity index (χ1v) is 7.26. The number of nitrogens with one attached hydrogen (secondary N) is 1. The molecule has 0 atom stereocenters. The molecule has 108 valence electrons. The maximum atomic E-state index is 12.4. The van der Waals surface area contributed by atoms with Gasteiger partial charge in [0.25, 0.3) is 5.91 Å². The first-order valence-electron chi connectivity index (χ1n) is 5.62. The Morgan fingerprint density at radius 3 is 2.55 bits per heavy atom. The summed E-state index contributed by atoms with van der Waals surface area (Å²) in [5.41, 5.74) is 0.996. The van der Waals surface area contributed by atoms with E-state index in [1.165, 1.54) is 11.3 Å². The van der Waals surface area contributed by atoms with E-state index < -0.39 is 17.1 Å². The third-order valence-corrected chi connectivity index (χ3v) is 4.72. The normalized spacial score (nSPS) is 11.7. The molecule has 0 bridgehead atoms. The molecule has 0 aliphatic rings. The number of aromatic nitrogens is 2. The highest BCUT2D eigenvalue weighted by Gasteiger charge is 2.35. The van der Waals surface area contributed by atoms with Crippen LogP contribution in [0.2, 0.25) is 0 Å². The van der Waals surface area contributed by atoms with Crippen LogP contribution in [0.15, 0.2) is 6.07 Å². The number of carbonyl (C=O) groups excluding carboxylic acids is 1. The summed E-state index contributed by atoms with van der Waals surface area (Å²) in [5.74, 6) is -0.470. The van der Waals surface area contributed by atoms with Crippen LogP contribution in [0.3, 0.4) is 0 Å². The van der Waals surface area contributed by atoms with Crippen molar-refractivity contribution in [3.63, 3.8) is 0 Å². The molecule has 0 spiro atoms. The van der Waals surface area contributed by atoms with Crippen molar-refractivity contribution in [2.75, 3.05) is 5.32 Å². The van der Waals surface area contributed by atoms with Crippen LogP contribution >= 0.6 is 22.7 Å². The fourth-order valence-electron chi connectivity index (χ4n) is 1.53. The highest BCUT2D eigenvalue weighted by atomic mass is 32.1. The van der Waals surface area contributed by atoms with Crippen molar-refractivity contribution in [1.29, 1.82) is 0 Å². The van der Waals surface area contributed by atoms with E-state index in [1.54, 1.807) is 6.07 Å². The van der Waals surface area contributed by atoms with Gasteiger partial charge >= 0.3 is 6.18 Å². The molecule has 2 heterocycles.